The van der Waals surface area contributed by atoms with Crippen LogP contribution in [0.1, 0.15) is 36.7 Å². The van der Waals surface area contributed by atoms with Crippen LogP contribution >= 0.6 is 11.6 Å². The Hall–Kier alpha value is -2.21. The molecule has 0 aromatic carbocycles. The summed E-state index contributed by atoms with van der Waals surface area (Å²) in [7, 11) is 0. The van der Waals surface area contributed by atoms with Gasteiger partial charge in [0, 0.05) is 24.2 Å². The zero-order valence-corrected chi connectivity index (χ0v) is 12.6. The zero-order chi connectivity index (χ0) is 15.6. The van der Waals surface area contributed by atoms with Crippen molar-refractivity contribution in [1.82, 2.24) is 14.5 Å². The highest BCUT2D eigenvalue weighted by atomic mass is 35.5. The molecule has 21 heavy (non-hydrogen) atoms. The molecule has 0 spiro atoms. The standard InChI is InChI=1S/C14H14ClN3O3/c1-14(2,3)21-13(20)18-5-4-9(7-18)11(19)10-6-16-8-17-12(10)15/h4-8H,1-3H3. The molecule has 0 amide bonds. The molecule has 0 aliphatic rings. The lowest BCUT2D eigenvalue weighted by molar-refractivity contribution is 0.0537. The van der Waals surface area contributed by atoms with Gasteiger partial charge in [0.15, 0.2) is 5.78 Å². The number of ether oxygens (including phenoxy) is 1. The second-order valence-electron chi connectivity index (χ2n) is 5.34. The molecular formula is C14H14ClN3O3. The van der Waals surface area contributed by atoms with Gasteiger partial charge in [0.2, 0.25) is 0 Å². The van der Waals surface area contributed by atoms with E-state index in [1.165, 1.54) is 35.6 Å². The van der Waals surface area contributed by atoms with E-state index < -0.39 is 11.7 Å². The van der Waals surface area contributed by atoms with E-state index in [2.05, 4.69) is 9.97 Å². The molecule has 0 N–H and O–H groups in total. The Morgan fingerprint density at radius 2 is 2.05 bits per heavy atom. The molecule has 2 rings (SSSR count). The Morgan fingerprint density at radius 1 is 1.33 bits per heavy atom. The number of nitrogens with zero attached hydrogens (tertiary/aromatic N) is 3. The average Bonchev–Trinajstić information content (AvgIpc) is 2.86. The quantitative estimate of drug-likeness (QED) is 0.630. The largest absolute Gasteiger partial charge is 0.443 e. The van der Waals surface area contributed by atoms with E-state index in [0.29, 0.717) is 5.56 Å². The Balaban J connectivity index is 2.22. The summed E-state index contributed by atoms with van der Waals surface area (Å²) >= 11 is 5.86. The van der Waals surface area contributed by atoms with Crippen molar-refractivity contribution in [3.05, 3.63) is 47.3 Å². The van der Waals surface area contributed by atoms with E-state index in [1.54, 1.807) is 20.8 Å². The van der Waals surface area contributed by atoms with Crippen LogP contribution in [0.15, 0.2) is 31.0 Å². The van der Waals surface area contributed by atoms with Crippen LogP contribution in [0.25, 0.3) is 0 Å². The third-order valence-electron chi connectivity index (χ3n) is 2.47. The van der Waals surface area contributed by atoms with Crippen LogP contribution in [0.2, 0.25) is 5.15 Å². The number of aromatic nitrogens is 3. The van der Waals surface area contributed by atoms with E-state index in [9.17, 15) is 9.59 Å². The van der Waals surface area contributed by atoms with Crippen LogP contribution in [0.4, 0.5) is 4.79 Å². The molecule has 0 radical (unpaired) electrons. The minimum Gasteiger partial charge on any atom is -0.443 e. The zero-order valence-electron chi connectivity index (χ0n) is 11.8. The molecule has 2 aromatic rings. The maximum Gasteiger partial charge on any atom is 0.418 e. The fraction of sp³-hybridized carbons (Fsp3) is 0.286. The van der Waals surface area contributed by atoms with Gasteiger partial charge in [0.05, 0.1) is 5.56 Å². The second-order valence-corrected chi connectivity index (χ2v) is 5.70. The summed E-state index contributed by atoms with van der Waals surface area (Å²) in [5, 5.41) is 0.0695. The van der Waals surface area contributed by atoms with Gasteiger partial charge >= 0.3 is 6.09 Å². The van der Waals surface area contributed by atoms with E-state index in [-0.39, 0.29) is 16.5 Å². The molecular weight excluding hydrogens is 294 g/mol. The molecule has 2 aromatic heterocycles. The SMILES string of the molecule is CC(C)(C)OC(=O)n1ccc(C(=O)c2cncnc2Cl)c1. The number of carbonyl (C=O) groups excluding carboxylic acids is 2. The Labute approximate surface area is 126 Å². The number of hydrogen-bond donors (Lipinski definition) is 0. The summed E-state index contributed by atoms with van der Waals surface area (Å²) < 4.78 is 6.41. The molecule has 110 valence electrons. The summed E-state index contributed by atoms with van der Waals surface area (Å²) in [5.74, 6) is -0.358. The summed E-state index contributed by atoms with van der Waals surface area (Å²) in [6.45, 7) is 5.30. The monoisotopic (exact) mass is 307 g/mol. The Bertz CT molecular complexity index is 689. The van der Waals surface area contributed by atoms with Crippen molar-refractivity contribution >= 4 is 23.5 Å². The minimum atomic E-state index is -0.609. The van der Waals surface area contributed by atoms with Crippen molar-refractivity contribution in [3.8, 4) is 0 Å². The van der Waals surface area contributed by atoms with E-state index in [0.717, 1.165) is 0 Å². The van der Waals surface area contributed by atoms with Crippen molar-refractivity contribution < 1.29 is 14.3 Å². The minimum absolute atomic E-state index is 0.0695. The molecule has 0 saturated carbocycles. The van der Waals surface area contributed by atoms with Crippen LogP contribution in [-0.2, 0) is 4.74 Å². The Kier molecular flexibility index (Phi) is 4.09. The number of halogens is 1. The van der Waals surface area contributed by atoms with Crippen LogP contribution in [0.5, 0.6) is 0 Å². The van der Waals surface area contributed by atoms with Gasteiger partial charge in [-0.05, 0) is 26.8 Å². The van der Waals surface area contributed by atoms with Gasteiger partial charge in [-0.3, -0.25) is 9.36 Å². The third kappa shape index (κ3) is 3.66. The molecule has 2 heterocycles. The van der Waals surface area contributed by atoms with Crippen LogP contribution < -0.4 is 0 Å². The van der Waals surface area contributed by atoms with E-state index in [4.69, 9.17) is 16.3 Å². The molecule has 0 bridgehead atoms. The summed E-state index contributed by atoms with van der Waals surface area (Å²) in [6, 6.07) is 1.51. The summed E-state index contributed by atoms with van der Waals surface area (Å²) in [5.41, 5.74) is -0.124. The number of carbonyl (C=O) groups is 2. The lowest BCUT2D eigenvalue weighted by Gasteiger charge is -2.19. The average molecular weight is 308 g/mol. The van der Waals surface area contributed by atoms with Gasteiger partial charge in [-0.2, -0.15) is 0 Å². The van der Waals surface area contributed by atoms with E-state index in [1.807, 2.05) is 0 Å². The Morgan fingerprint density at radius 3 is 2.67 bits per heavy atom. The predicted molar refractivity (Wildman–Crippen MR) is 76.5 cm³/mol. The lowest BCUT2D eigenvalue weighted by Crippen LogP contribution is -2.26. The second kappa shape index (κ2) is 5.65. The lowest BCUT2D eigenvalue weighted by atomic mass is 10.1. The van der Waals surface area contributed by atoms with Crippen molar-refractivity contribution in [3.63, 3.8) is 0 Å². The molecule has 6 nitrogen and oxygen atoms in total. The molecule has 0 atom stereocenters. The van der Waals surface area contributed by atoms with Gasteiger partial charge in [-0.15, -0.1) is 0 Å². The van der Waals surface area contributed by atoms with E-state index >= 15 is 0 Å². The summed E-state index contributed by atoms with van der Waals surface area (Å²) in [4.78, 5) is 31.7. The molecule has 0 aliphatic heterocycles. The number of hydrogen-bond acceptors (Lipinski definition) is 5. The first-order valence-electron chi connectivity index (χ1n) is 6.19. The molecule has 7 heteroatoms. The van der Waals surface area contributed by atoms with Crippen LogP contribution in [0.3, 0.4) is 0 Å². The fourth-order valence-corrected chi connectivity index (χ4v) is 1.76. The van der Waals surface area contributed by atoms with Crippen molar-refractivity contribution in [2.75, 3.05) is 0 Å². The van der Waals surface area contributed by atoms with Gasteiger partial charge in [-0.25, -0.2) is 14.8 Å². The molecule has 0 unspecified atom stereocenters. The topological polar surface area (TPSA) is 74.1 Å². The fourth-order valence-electron chi connectivity index (χ4n) is 1.58. The molecule has 0 aliphatic carbocycles. The third-order valence-corrected chi connectivity index (χ3v) is 2.77. The first kappa shape index (κ1) is 15.2. The van der Waals surface area contributed by atoms with Gasteiger partial charge < -0.3 is 4.74 Å². The summed E-state index contributed by atoms with van der Waals surface area (Å²) in [6.07, 6.45) is 4.88. The first-order valence-corrected chi connectivity index (χ1v) is 6.57. The van der Waals surface area contributed by atoms with Gasteiger partial charge in [0.1, 0.15) is 17.1 Å². The van der Waals surface area contributed by atoms with Crippen LogP contribution in [0, 0.1) is 0 Å². The highest BCUT2D eigenvalue weighted by Crippen LogP contribution is 2.17. The highest BCUT2D eigenvalue weighted by molar-refractivity contribution is 6.33. The molecule has 0 saturated heterocycles. The van der Waals surface area contributed by atoms with Gasteiger partial charge in [-0.1, -0.05) is 11.6 Å². The normalized spacial score (nSPS) is 11.2. The number of ketones is 1. The van der Waals surface area contributed by atoms with Crippen LogP contribution in [-0.4, -0.2) is 32.0 Å². The maximum absolute atomic E-state index is 12.3. The smallest absolute Gasteiger partial charge is 0.418 e. The number of rotatable bonds is 2. The maximum atomic E-state index is 12.3. The van der Waals surface area contributed by atoms with Gasteiger partial charge in [0.25, 0.3) is 0 Å². The van der Waals surface area contributed by atoms with Crippen molar-refractivity contribution in [2.45, 2.75) is 26.4 Å². The molecule has 0 fully saturated rings. The van der Waals surface area contributed by atoms with Crippen molar-refractivity contribution in [1.29, 1.82) is 0 Å². The highest BCUT2D eigenvalue weighted by Gasteiger charge is 2.20. The van der Waals surface area contributed by atoms with Crippen molar-refractivity contribution in [2.24, 2.45) is 0 Å². The first-order chi connectivity index (χ1) is 9.78. The predicted octanol–water partition coefficient (Wildman–Crippen LogP) is 2.95.